The standard InChI is InChI=1S/C22H30FNO14/c1-9(25)24-16-18(17(35-12(4)28)15(34-11(3)27)8-33-10(2)26)38-22(21(31)32-7,37-14(6)30)20(23)19(16)36-13(5)29/h15-20H,8H2,1-7H3,(H,24,25)/t15-,16+,17-,18-,19-,20?,22+/m1/s1. The highest BCUT2D eigenvalue weighted by Gasteiger charge is 2.67. The summed E-state index contributed by atoms with van der Waals surface area (Å²) in [5, 5.41) is 2.28. The first-order chi connectivity index (χ1) is 17.5. The molecule has 1 rings (SSSR count). The maximum atomic E-state index is 16.0. The molecule has 7 atom stereocenters. The van der Waals surface area contributed by atoms with E-state index in [0.29, 0.717) is 0 Å². The summed E-state index contributed by atoms with van der Waals surface area (Å²) in [6.45, 7) is 4.89. The van der Waals surface area contributed by atoms with Gasteiger partial charge in [-0.2, -0.15) is 0 Å². The lowest BCUT2D eigenvalue weighted by Crippen LogP contribution is -2.74. The zero-order chi connectivity index (χ0) is 29.4. The van der Waals surface area contributed by atoms with Crippen molar-refractivity contribution in [2.24, 2.45) is 0 Å². The Labute approximate surface area is 216 Å². The first-order valence-electron chi connectivity index (χ1n) is 11.1. The first kappa shape index (κ1) is 32.2. The van der Waals surface area contributed by atoms with E-state index in [2.05, 4.69) is 10.1 Å². The fourth-order valence-electron chi connectivity index (χ4n) is 3.71. The predicted octanol–water partition coefficient (Wildman–Crippen LogP) is -0.981. The van der Waals surface area contributed by atoms with Gasteiger partial charge in [0.2, 0.25) is 12.1 Å². The minimum Gasteiger partial charge on any atom is -0.464 e. The molecular formula is C22H30FNO14. The maximum absolute atomic E-state index is 16.0. The number of carbonyl (C=O) groups is 7. The van der Waals surface area contributed by atoms with Crippen molar-refractivity contribution in [3.05, 3.63) is 0 Å². The van der Waals surface area contributed by atoms with E-state index in [1.54, 1.807) is 0 Å². The Hall–Kier alpha value is -3.82. The maximum Gasteiger partial charge on any atom is 0.383 e. The lowest BCUT2D eigenvalue weighted by atomic mass is 9.86. The van der Waals surface area contributed by atoms with Crippen LogP contribution in [0.5, 0.6) is 0 Å². The third-order valence-corrected chi connectivity index (χ3v) is 4.87. The summed E-state index contributed by atoms with van der Waals surface area (Å²) in [6.07, 6.45) is -10.4. The van der Waals surface area contributed by atoms with Crippen LogP contribution in [0, 0.1) is 0 Å². The lowest BCUT2D eigenvalue weighted by molar-refractivity contribution is -0.326. The molecule has 1 aliphatic rings. The minimum atomic E-state index is -3.25. The van der Waals surface area contributed by atoms with E-state index < -0.39 is 90.7 Å². The molecule has 0 aromatic rings. The van der Waals surface area contributed by atoms with Crippen LogP contribution in [-0.2, 0) is 66.7 Å². The normalized spacial score (nSPS) is 26.0. The molecular weight excluding hydrogens is 521 g/mol. The third-order valence-electron chi connectivity index (χ3n) is 4.87. The van der Waals surface area contributed by atoms with Crippen LogP contribution < -0.4 is 5.32 Å². The molecule has 0 spiro atoms. The fourth-order valence-corrected chi connectivity index (χ4v) is 3.71. The van der Waals surface area contributed by atoms with Gasteiger partial charge >= 0.3 is 41.6 Å². The molecule has 1 fully saturated rings. The van der Waals surface area contributed by atoms with Gasteiger partial charge in [-0.1, -0.05) is 0 Å². The van der Waals surface area contributed by atoms with E-state index >= 15 is 4.39 Å². The van der Waals surface area contributed by atoms with Crippen molar-refractivity contribution in [3.8, 4) is 0 Å². The lowest BCUT2D eigenvalue weighted by Gasteiger charge is -2.49. The van der Waals surface area contributed by atoms with Gasteiger partial charge < -0.3 is 38.5 Å². The number of rotatable bonds is 10. The highest BCUT2D eigenvalue weighted by atomic mass is 19.1. The van der Waals surface area contributed by atoms with Crippen LogP contribution in [0.2, 0.25) is 0 Å². The highest BCUT2D eigenvalue weighted by Crippen LogP contribution is 2.39. The molecule has 0 saturated carbocycles. The first-order valence-corrected chi connectivity index (χ1v) is 11.1. The van der Waals surface area contributed by atoms with E-state index in [-0.39, 0.29) is 0 Å². The van der Waals surface area contributed by atoms with Crippen LogP contribution in [0.25, 0.3) is 0 Å². The number of carbonyl (C=O) groups excluding carboxylic acids is 7. The number of ether oxygens (including phenoxy) is 7. The number of esters is 6. The van der Waals surface area contributed by atoms with Crippen LogP contribution in [0.4, 0.5) is 4.39 Å². The minimum absolute atomic E-state index is 0.740. The molecule has 0 aromatic carbocycles. The van der Waals surface area contributed by atoms with Crippen molar-refractivity contribution >= 4 is 41.7 Å². The molecule has 38 heavy (non-hydrogen) atoms. The molecule has 1 aliphatic heterocycles. The Morgan fingerprint density at radius 1 is 0.868 bits per heavy atom. The molecule has 214 valence electrons. The van der Waals surface area contributed by atoms with Crippen LogP contribution >= 0.6 is 0 Å². The number of methoxy groups -OCH3 is 1. The average molecular weight is 551 g/mol. The Balaban J connectivity index is 3.93. The van der Waals surface area contributed by atoms with Gasteiger partial charge in [0.25, 0.3) is 0 Å². The molecule has 1 unspecified atom stereocenters. The van der Waals surface area contributed by atoms with Crippen molar-refractivity contribution in [2.75, 3.05) is 13.7 Å². The molecule has 0 aliphatic carbocycles. The average Bonchev–Trinajstić information content (AvgIpc) is 2.77. The third kappa shape index (κ3) is 8.36. The van der Waals surface area contributed by atoms with Gasteiger partial charge in [0.1, 0.15) is 12.7 Å². The molecule has 1 N–H and O–H groups in total. The Morgan fingerprint density at radius 2 is 1.45 bits per heavy atom. The quantitative estimate of drug-likeness (QED) is 0.257. The van der Waals surface area contributed by atoms with Crippen molar-refractivity contribution in [2.45, 2.75) is 84.0 Å². The summed E-state index contributed by atoms with van der Waals surface area (Å²) in [7, 11) is 0.811. The summed E-state index contributed by atoms with van der Waals surface area (Å²) in [5.41, 5.74) is 0. The van der Waals surface area contributed by atoms with Crippen molar-refractivity contribution in [1.82, 2.24) is 5.32 Å². The largest absolute Gasteiger partial charge is 0.464 e. The van der Waals surface area contributed by atoms with Crippen molar-refractivity contribution in [3.63, 3.8) is 0 Å². The van der Waals surface area contributed by atoms with Crippen LogP contribution in [0.1, 0.15) is 41.5 Å². The molecule has 16 heteroatoms. The van der Waals surface area contributed by atoms with Crippen molar-refractivity contribution < 1.29 is 71.1 Å². The summed E-state index contributed by atoms with van der Waals surface area (Å²) < 4.78 is 51.4. The smallest absolute Gasteiger partial charge is 0.383 e. The number of halogens is 1. The van der Waals surface area contributed by atoms with Crippen LogP contribution in [0.3, 0.4) is 0 Å². The summed E-state index contributed by atoms with van der Waals surface area (Å²) in [4.78, 5) is 84.0. The van der Waals surface area contributed by atoms with Gasteiger partial charge in [-0.15, -0.1) is 0 Å². The van der Waals surface area contributed by atoms with Gasteiger partial charge in [0, 0.05) is 41.5 Å². The van der Waals surface area contributed by atoms with E-state index in [0.717, 1.165) is 48.7 Å². The van der Waals surface area contributed by atoms with E-state index in [1.165, 1.54) is 0 Å². The molecule has 15 nitrogen and oxygen atoms in total. The summed E-state index contributed by atoms with van der Waals surface area (Å²) >= 11 is 0. The van der Waals surface area contributed by atoms with E-state index in [1.807, 2.05) is 0 Å². The fraction of sp³-hybridized carbons (Fsp3) is 0.682. The SMILES string of the molecule is COC(=O)[C@@]1(OC(C)=O)O[C@@H]([C@H](OC(C)=O)[C@@H](COC(C)=O)OC(C)=O)[C@H](NC(C)=O)[C@@H](OC(C)=O)C1F. The number of nitrogens with one attached hydrogen (secondary N) is 1. The Kier molecular flexibility index (Phi) is 11.6. The second-order valence-electron chi connectivity index (χ2n) is 8.06. The van der Waals surface area contributed by atoms with Crippen LogP contribution in [-0.4, -0.2) is 97.9 Å². The van der Waals surface area contributed by atoms with Gasteiger partial charge in [0.05, 0.1) is 13.2 Å². The zero-order valence-electron chi connectivity index (χ0n) is 21.8. The molecule has 1 saturated heterocycles. The zero-order valence-corrected chi connectivity index (χ0v) is 21.8. The second kappa shape index (κ2) is 13.6. The van der Waals surface area contributed by atoms with Gasteiger partial charge in [-0.3, -0.25) is 28.8 Å². The molecule has 0 radical (unpaired) electrons. The monoisotopic (exact) mass is 551 g/mol. The molecule has 1 heterocycles. The van der Waals surface area contributed by atoms with E-state index in [4.69, 9.17) is 28.4 Å². The number of amides is 1. The van der Waals surface area contributed by atoms with Crippen LogP contribution in [0.15, 0.2) is 0 Å². The topological polar surface area (TPSA) is 196 Å². The Bertz CT molecular complexity index is 954. The van der Waals surface area contributed by atoms with Gasteiger partial charge in [-0.25, -0.2) is 9.18 Å². The number of alkyl halides is 1. The van der Waals surface area contributed by atoms with Gasteiger partial charge in [-0.05, 0) is 0 Å². The van der Waals surface area contributed by atoms with Crippen molar-refractivity contribution in [1.29, 1.82) is 0 Å². The summed E-state index contributed by atoms with van der Waals surface area (Å²) in [6, 6.07) is -1.75. The van der Waals surface area contributed by atoms with E-state index in [9.17, 15) is 33.6 Å². The predicted molar refractivity (Wildman–Crippen MR) is 117 cm³/mol. The highest BCUT2D eigenvalue weighted by molar-refractivity contribution is 5.83. The second-order valence-corrected chi connectivity index (χ2v) is 8.06. The number of hydrogen-bond donors (Lipinski definition) is 1. The Morgan fingerprint density at radius 3 is 1.87 bits per heavy atom. The molecule has 1 amide bonds. The number of hydrogen-bond acceptors (Lipinski definition) is 14. The molecule has 0 aromatic heterocycles. The summed E-state index contributed by atoms with van der Waals surface area (Å²) in [5.74, 6) is -10.8. The molecule has 0 bridgehead atoms. The van der Waals surface area contributed by atoms with Gasteiger partial charge in [0.15, 0.2) is 18.3 Å².